The molecule has 6 nitrogen and oxygen atoms in total. The van der Waals surface area contributed by atoms with Crippen molar-refractivity contribution in [2.45, 2.75) is 13.5 Å². The summed E-state index contributed by atoms with van der Waals surface area (Å²) in [5.41, 5.74) is 1.47. The Labute approximate surface area is 151 Å². The molecule has 2 aromatic carbocycles. The van der Waals surface area contributed by atoms with Gasteiger partial charge in [-0.1, -0.05) is 42.2 Å². The molecule has 0 heterocycles. The van der Waals surface area contributed by atoms with Gasteiger partial charge in [0.05, 0.1) is 18.7 Å². The predicted molar refractivity (Wildman–Crippen MR) is 96.2 cm³/mol. The molecule has 0 saturated carbocycles. The van der Waals surface area contributed by atoms with Crippen LogP contribution in [0.3, 0.4) is 0 Å². The highest BCUT2D eigenvalue weighted by Crippen LogP contribution is 2.30. The van der Waals surface area contributed by atoms with Crippen molar-refractivity contribution in [1.82, 2.24) is 5.32 Å². The fourth-order valence-corrected chi connectivity index (χ4v) is 2.09. The first-order chi connectivity index (χ1) is 12.6. The van der Waals surface area contributed by atoms with Crippen molar-refractivity contribution in [1.29, 1.82) is 0 Å². The number of carbonyl (C=O) groups is 2. The maximum Gasteiger partial charge on any atom is 0.408 e. The first kappa shape index (κ1) is 18.9. The van der Waals surface area contributed by atoms with Crippen LogP contribution in [-0.2, 0) is 11.3 Å². The fourth-order valence-electron chi connectivity index (χ4n) is 2.09. The standard InChI is InChI=1S/C20H19NO5/c1-2-25-18-12-16(13-22)11-17(19(18)23)9-6-10-21-20(24)26-14-15-7-4-3-5-8-15/h3-5,7-8,11-13,23H,2,10,14H2,1H3,(H,21,24). The van der Waals surface area contributed by atoms with Gasteiger partial charge in [-0.15, -0.1) is 0 Å². The van der Waals surface area contributed by atoms with Crippen molar-refractivity contribution in [3.8, 4) is 23.3 Å². The fraction of sp³-hybridized carbons (Fsp3) is 0.200. The largest absolute Gasteiger partial charge is 0.503 e. The minimum atomic E-state index is -0.593. The maximum atomic E-state index is 11.6. The highest BCUT2D eigenvalue weighted by Gasteiger charge is 2.09. The maximum absolute atomic E-state index is 11.6. The summed E-state index contributed by atoms with van der Waals surface area (Å²) in [6.07, 6.45) is 0.0517. The Balaban J connectivity index is 1.92. The summed E-state index contributed by atoms with van der Waals surface area (Å²) in [5, 5.41) is 12.6. The van der Waals surface area contributed by atoms with Gasteiger partial charge in [-0.25, -0.2) is 4.79 Å². The molecule has 2 rings (SSSR count). The van der Waals surface area contributed by atoms with Gasteiger partial charge in [0.25, 0.3) is 0 Å². The van der Waals surface area contributed by atoms with Crippen LogP contribution in [0.4, 0.5) is 4.79 Å². The van der Waals surface area contributed by atoms with Gasteiger partial charge in [-0.2, -0.15) is 0 Å². The van der Waals surface area contributed by atoms with E-state index in [1.807, 2.05) is 30.3 Å². The molecule has 134 valence electrons. The van der Waals surface area contributed by atoms with Crippen molar-refractivity contribution in [3.63, 3.8) is 0 Å². The summed E-state index contributed by atoms with van der Waals surface area (Å²) in [5.74, 6) is 5.45. The summed E-state index contributed by atoms with van der Waals surface area (Å²) in [7, 11) is 0. The highest BCUT2D eigenvalue weighted by atomic mass is 16.5. The average molecular weight is 353 g/mol. The van der Waals surface area contributed by atoms with E-state index in [0.29, 0.717) is 18.5 Å². The number of rotatable bonds is 6. The Morgan fingerprint density at radius 2 is 2.04 bits per heavy atom. The number of phenols is 1. The number of aromatic hydroxyl groups is 1. The van der Waals surface area contributed by atoms with Gasteiger partial charge in [-0.3, -0.25) is 4.79 Å². The number of alkyl carbamates (subject to hydrolysis) is 1. The molecule has 2 aromatic rings. The molecule has 6 heteroatoms. The Kier molecular flexibility index (Phi) is 7.07. The van der Waals surface area contributed by atoms with Crippen LogP contribution in [0, 0.1) is 11.8 Å². The topological polar surface area (TPSA) is 84.9 Å². The number of carbonyl (C=O) groups excluding carboxylic acids is 2. The predicted octanol–water partition coefficient (Wildman–Crippen LogP) is 2.88. The minimum absolute atomic E-state index is 0.0301. The zero-order valence-electron chi connectivity index (χ0n) is 14.3. The smallest absolute Gasteiger partial charge is 0.408 e. The van der Waals surface area contributed by atoms with E-state index in [4.69, 9.17) is 9.47 Å². The monoisotopic (exact) mass is 353 g/mol. The lowest BCUT2D eigenvalue weighted by Gasteiger charge is -2.08. The highest BCUT2D eigenvalue weighted by molar-refractivity contribution is 5.78. The van der Waals surface area contributed by atoms with Gasteiger partial charge in [0.1, 0.15) is 12.9 Å². The van der Waals surface area contributed by atoms with Gasteiger partial charge in [0, 0.05) is 5.56 Å². The summed E-state index contributed by atoms with van der Waals surface area (Å²) in [6.45, 7) is 2.31. The molecular weight excluding hydrogens is 334 g/mol. The molecule has 2 N–H and O–H groups in total. The minimum Gasteiger partial charge on any atom is -0.503 e. The third-order valence-electron chi connectivity index (χ3n) is 3.29. The number of benzene rings is 2. The van der Waals surface area contributed by atoms with E-state index >= 15 is 0 Å². The molecule has 0 spiro atoms. The third kappa shape index (κ3) is 5.56. The SMILES string of the molecule is CCOc1cc(C=O)cc(C#CCNC(=O)OCc2ccccc2)c1O. The van der Waals surface area contributed by atoms with E-state index in [1.54, 1.807) is 6.92 Å². The molecule has 0 fully saturated rings. The lowest BCUT2D eigenvalue weighted by Crippen LogP contribution is -2.24. The van der Waals surface area contributed by atoms with Crippen LogP contribution in [0.5, 0.6) is 11.5 Å². The van der Waals surface area contributed by atoms with E-state index in [9.17, 15) is 14.7 Å². The first-order valence-corrected chi connectivity index (χ1v) is 8.02. The van der Waals surface area contributed by atoms with Gasteiger partial charge >= 0.3 is 6.09 Å². The van der Waals surface area contributed by atoms with Gasteiger partial charge in [0.2, 0.25) is 0 Å². The molecule has 0 unspecified atom stereocenters. The molecular formula is C20H19NO5. The summed E-state index contributed by atoms with van der Waals surface area (Å²) in [6, 6.07) is 12.2. The van der Waals surface area contributed by atoms with Crippen molar-refractivity contribution < 1.29 is 24.2 Å². The quantitative estimate of drug-likeness (QED) is 0.616. The molecule has 0 aliphatic carbocycles. The lowest BCUT2D eigenvalue weighted by atomic mass is 10.1. The zero-order valence-corrected chi connectivity index (χ0v) is 14.3. The number of ether oxygens (including phenoxy) is 2. The average Bonchev–Trinajstić information content (AvgIpc) is 2.67. The number of nitrogens with one attached hydrogen (secondary N) is 1. The summed E-state index contributed by atoms with van der Waals surface area (Å²) in [4.78, 5) is 22.6. The van der Waals surface area contributed by atoms with Crippen LogP contribution < -0.4 is 10.1 Å². The molecule has 0 radical (unpaired) electrons. The Morgan fingerprint density at radius 3 is 2.73 bits per heavy atom. The van der Waals surface area contributed by atoms with Crippen LogP contribution in [0.2, 0.25) is 0 Å². The van der Waals surface area contributed by atoms with Gasteiger partial charge < -0.3 is 19.9 Å². The van der Waals surface area contributed by atoms with Gasteiger partial charge in [0.15, 0.2) is 11.5 Å². The Hall–Kier alpha value is -3.46. The van der Waals surface area contributed by atoms with Gasteiger partial charge in [-0.05, 0) is 24.6 Å². The molecule has 0 atom stereocenters. The van der Waals surface area contributed by atoms with Crippen LogP contribution >= 0.6 is 0 Å². The number of aldehydes is 1. The second-order valence-electron chi connectivity index (χ2n) is 5.18. The van der Waals surface area contributed by atoms with Crippen molar-refractivity contribution in [2.24, 2.45) is 0 Å². The van der Waals surface area contributed by atoms with Crippen LogP contribution in [0.1, 0.15) is 28.4 Å². The second-order valence-corrected chi connectivity index (χ2v) is 5.18. The lowest BCUT2D eigenvalue weighted by molar-refractivity contribution is 0.112. The van der Waals surface area contributed by atoms with Crippen molar-refractivity contribution in [3.05, 3.63) is 59.2 Å². The van der Waals surface area contributed by atoms with E-state index in [-0.39, 0.29) is 30.2 Å². The summed E-state index contributed by atoms with van der Waals surface area (Å²) >= 11 is 0. The Bertz CT molecular complexity index is 821. The summed E-state index contributed by atoms with van der Waals surface area (Å²) < 4.78 is 10.3. The normalized spacial score (nSPS) is 9.58. The Morgan fingerprint density at radius 1 is 1.27 bits per heavy atom. The number of hydrogen-bond donors (Lipinski definition) is 2. The zero-order chi connectivity index (χ0) is 18.8. The van der Waals surface area contributed by atoms with E-state index in [2.05, 4.69) is 17.2 Å². The van der Waals surface area contributed by atoms with Crippen molar-refractivity contribution >= 4 is 12.4 Å². The molecule has 0 bridgehead atoms. The van der Waals surface area contributed by atoms with Crippen molar-refractivity contribution in [2.75, 3.05) is 13.2 Å². The molecule has 0 saturated heterocycles. The van der Waals surface area contributed by atoms with Crippen LogP contribution in [0.15, 0.2) is 42.5 Å². The van der Waals surface area contributed by atoms with E-state index < -0.39 is 6.09 Å². The third-order valence-corrected chi connectivity index (χ3v) is 3.29. The first-order valence-electron chi connectivity index (χ1n) is 8.02. The molecule has 0 aliphatic rings. The molecule has 0 aromatic heterocycles. The number of hydrogen-bond acceptors (Lipinski definition) is 5. The van der Waals surface area contributed by atoms with E-state index in [0.717, 1.165) is 5.56 Å². The number of phenolic OH excluding ortho intramolecular Hbond substituents is 1. The molecule has 1 amide bonds. The molecule has 0 aliphatic heterocycles. The second kappa shape index (κ2) is 9.74. The van der Waals surface area contributed by atoms with Crippen LogP contribution in [-0.4, -0.2) is 30.6 Å². The molecule has 26 heavy (non-hydrogen) atoms. The van der Waals surface area contributed by atoms with Crippen LogP contribution in [0.25, 0.3) is 0 Å². The number of amides is 1. The van der Waals surface area contributed by atoms with E-state index in [1.165, 1.54) is 12.1 Å².